The molecule has 4 nitrogen and oxygen atoms in total. The molecule has 0 spiro atoms. The molecule has 0 aliphatic carbocycles. The Balaban J connectivity index is 2.26. The third-order valence-electron chi connectivity index (χ3n) is 3.81. The van der Waals surface area contributed by atoms with Gasteiger partial charge in [0, 0.05) is 12.1 Å². The molecule has 0 heterocycles. The first-order valence-electron chi connectivity index (χ1n) is 7.85. The molecule has 0 radical (unpaired) electrons. The first-order valence-corrected chi connectivity index (χ1v) is 7.85. The van der Waals surface area contributed by atoms with Crippen molar-refractivity contribution in [3.63, 3.8) is 0 Å². The molecule has 0 saturated carbocycles. The van der Waals surface area contributed by atoms with Gasteiger partial charge >= 0.3 is 0 Å². The zero-order valence-electron chi connectivity index (χ0n) is 14.0. The molecule has 1 atom stereocenters. The van der Waals surface area contributed by atoms with Crippen molar-refractivity contribution in [3.05, 3.63) is 53.6 Å². The highest BCUT2D eigenvalue weighted by molar-refractivity contribution is 5.51. The van der Waals surface area contributed by atoms with Gasteiger partial charge in [0.15, 0.2) is 11.5 Å². The lowest BCUT2D eigenvalue weighted by atomic mass is 10.0. The van der Waals surface area contributed by atoms with Crippen LogP contribution in [0, 0.1) is 0 Å². The maximum Gasteiger partial charge on any atom is 0.164 e. The van der Waals surface area contributed by atoms with Crippen LogP contribution in [0.4, 0.5) is 0 Å². The minimum atomic E-state index is 0.0900. The van der Waals surface area contributed by atoms with E-state index < -0.39 is 0 Å². The molecule has 2 rings (SSSR count). The molecule has 2 aromatic carbocycles. The van der Waals surface area contributed by atoms with Gasteiger partial charge in [-0.2, -0.15) is 0 Å². The number of nitrogens with two attached hydrogens (primary N) is 1. The highest BCUT2D eigenvalue weighted by Crippen LogP contribution is 2.35. The highest BCUT2D eigenvalue weighted by Gasteiger charge is 2.14. The molecule has 2 aromatic rings. The summed E-state index contributed by atoms with van der Waals surface area (Å²) in [6, 6.07) is 14.0. The van der Waals surface area contributed by atoms with Gasteiger partial charge in [0.05, 0.1) is 14.2 Å². The van der Waals surface area contributed by atoms with Gasteiger partial charge in [0.2, 0.25) is 0 Å². The number of rotatable bonds is 8. The third kappa shape index (κ3) is 4.63. The normalized spacial score (nSPS) is 11.8. The van der Waals surface area contributed by atoms with Gasteiger partial charge in [-0.3, -0.25) is 0 Å². The maximum absolute atomic E-state index is 6.12. The van der Waals surface area contributed by atoms with E-state index in [9.17, 15) is 0 Å². The second-order valence-electron chi connectivity index (χ2n) is 5.46. The van der Waals surface area contributed by atoms with E-state index in [2.05, 4.69) is 6.92 Å². The van der Waals surface area contributed by atoms with E-state index in [4.69, 9.17) is 19.9 Å². The fourth-order valence-electron chi connectivity index (χ4n) is 2.36. The summed E-state index contributed by atoms with van der Waals surface area (Å²) in [5.41, 5.74) is 8.27. The predicted octanol–water partition coefficient (Wildman–Crippen LogP) is 3.56. The molecule has 124 valence electrons. The van der Waals surface area contributed by atoms with Crippen molar-refractivity contribution in [2.75, 3.05) is 14.2 Å². The molecule has 1 unspecified atom stereocenters. The van der Waals surface area contributed by atoms with Gasteiger partial charge in [0.1, 0.15) is 12.4 Å². The van der Waals surface area contributed by atoms with E-state index in [1.807, 2.05) is 42.5 Å². The minimum absolute atomic E-state index is 0.0900. The summed E-state index contributed by atoms with van der Waals surface area (Å²) >= 11 is 0. The Hall–Kier alpha value is -2.20. The van der Waals surface area contributed by atoms with Crippen molar-refractivity contribution in [2.45, 2.75) is 32.4 Å². The number of benzene rings is 2. The van der Waals surface area contributed by atoms with E-state index in [-0.39, 0.29) is 6.04 Å². The molecular formula is C19H25NO3. The van der Waals surface area contributed by atoms with Crippen molar-refractivity contribution < 1.29 is 14.2 Å². The summed E-state index contributed by atoms with van der Waals surface area (Å²) in [5, 5.41) is 0. The van der Waals surface area contributed by atoms with Crippen LogP contribution in [0.2, 0.25) is 0 Å². The number of hydrogen-bond acceptors (Lipinski definition) is 4. The van der Waals surface area contributed by atoms with Crippen molar-refractivity contribution in [1.82, 2.24) is 0 Å². The Bertz CT molecular complexity index is 614. The van der Waals surface area contributed by atoms with Crippen LogP contribution in [0.3, 0.4) is 0 Å². The standard InChI is InChI=1S/C19H25NO3/c1-4-16(20)10-15-11-18(21-2)19(22-3)12-17(15)23-13-14-8-6-5-7-9-14/h5-9,11-12,16H,4,10,13,20H2,1-3H3. The first kappa shape index (κ1) is 17.2. The van der Waals surface area contributed by atoms with Gasteiger partial charge < -0.3 is 19.9 Å². The average molecular weight is 315 g/mol. The molecule has 0 fully saturated rings. The van der Waals surface area contributed by atoms with E-state index in [0.717, 1.165) is 29.7 Å². The molecular weight excluding hydrogens is 290 g/mol. The summed E-state index contributed by atoms with van der Waals surface area (Å²) in [5.74, 6) is 2.14. The fraction of sp³-hybridized carbons (Fsp3) is 0.368. The zero-order chi connectivity index (χ0) is 16.7. The molecule has 23 heavy (non-hydrogen) atoms. The van der Waals surface area contributed by atoms with E-state index in [1.54, 1.807) is 14.2 Å². The molecule has 0 bridgehead atoms. The van der Waals surface area contributed by atoms with Crippen LogP contribution >= 0.6 is 0 Å². The van der Waals surface area contributed by atoms with Crippen molar-refractivity contribution in [1.29, 1.82) is 0 Å². The topological polar surface area (TPSA) is 53.7 Å². The van der Waals surface area contributed by atoms with Gasteiger partial charge in [-0.1, -0.05) is 37.3 Å². The summed E-state index contributed by atoms with van der Waals surface area (Å²) < 4.78 is 16.8. The summed E-state index contributed by atoms with van der Waals surface area (Å²) in [6.45, 7) is 2.58. The van der Waals surface area contributed by atoms with Crippen LogP contribution in [0.5, 0.6) is 17.2 Å². The van der Waals surface area contributed by atoms with E-state index >= 15 is 0 Å². The Morgan fingerprint density at radius 1 is 0.957 bits per heavy atom. The minimum Gasteiger partial charge on any atom is -0.493 e. The van der Waals surface area contributed by atoms with Crippen LogP contribution in [0.25, 0.3) is 0 Å². The number of ether oxygens (including phenoxy) is 3. The Morgan fingerprint density at radius 2 is 1.61 bits per heavy atom. The zero-order valence-corrected chi connectivity index (χ0v) is 14.0. The van der Waals surface area contributed by atoms with Crippen LogP contribution in [-0.2, 0) is 13.0 Å². The molecule has 0 saturated heterocycles. The highest BCUT2D eigenvalue weighted by atomic mass is 16.5. The monoisotopic (exact) mass is 315 g/mol. The van der Waals surface area contributed by atoms with Crippen molar-refractivity contribution >= 4 is 0 Å². The Labute approximate surface area is 138 Å². The fourth-order valence-corrected chi connectivity index (χ4v) is 2.36. The average Bonchev–Trinajstić information content (AvgIpc) is 2.60. The summed E-state index contributed by atoms with van der Waals surface area (Å²) in [4.78, 5) is 0. The van der Waals surface area contributed by atoms with Crippen molar-refractivity contribution in [3.8, 4) is 17.2 Å². The van der Waals surface area contributed by atoms with Crippen LogP contribution in [0.15, 0.2) is 42.5 Å². The predicted molar refractivity (Wildman–Crippen MR) is 92.3 cm³/mol. The lowest BCUT2D eigenvalue weighted by Crippen LogP contribution is -2.21. The SMILES string of the molecule is CCC(N)Cc1cc(OC)c(OC)cc1OCc1ccccc1. The van der Waals surface area contributed by atoms with Crippen LogP contribution in [-0.4, -0.2) is 20.3 Å². The summed E-state index contributed by atoms with van der Waals surface area (Å²) in [7, 11) is 3.25. The van der Waals surface area contributed by atoms with E-state index in [0.29, 0.717) is 18.1 Å². The van der Waals surface area contributed by atoms with Gasteiger partial charge in [0.25, 0.3) is 0 Å². The molecule has 2 N–H and O–H groups in total. The smallest absolute Gasteiger partial charge is 0.164 e. The summed E-state index contributed by atoms with van der Waals surface area (Å²) in [6.07, 6.45) is 1.65. The Morgan fingerprint density at radius 3 is 2.22 bits per heavy atom. The third-order valence-corrected chi connectivity index (χ3v) is 3.81. The quantitative estimate of drug-likeness (QED) is 0.809. The maximum atomic E-state index is 6.12. The largest absolute Gasteiger partial charge is 0.493 e. The second-order valence-corrected chi connectivity index (χ2v) is 5.46. The molecule has 0 aliphatic heterocycles. The lowest BCUT2D eigenvalue weighted by Gasteiger charge is -2.18. The van der Waals surface area contributed by atoms with Crippen LogP contribution in [0.1, 0.15) is 24.5 Å². The Kier molecular flexibility index (Phi) is 6.29. The van der Waals surface area contributed by atoms with Crippen molar-refractivity contribution in [2.24, 2.45) is 5.73 Å². The van der Waals surface area contributed by atoms with E-state index in [1.165, 1.54) is 0 Å². The number of methoxy groups -OCH3 is 2. The molecule has 0 amide bonds. The van der Waals surface area contributed by atoms with Crippen LogP contribution < -0.4 is 19.9 Å². The molecule has 0 aromatic heterocycles. The second kappa shape index (κ2) is 8.44. The van der Waals surface area contributed by atoms with Gasteiger partial charge in [-0.05, 0) is 30.0 Å². The van der Waals surface area contributed by atoms with Gasteiger partial charge in [-0.15, -0.1) is 0 Å². The lowest BCUT2D eigenvalue weighted by molar-refractivity contribution is 0.296. The van der Waals surface area contributed by atoms with Gasteiger partial charge in [-0.25, -0.2) is 0 Å². The first-order chi connectivity index (χ1) is 11.2. The molecule has 4 heteroatoms. The molecule has 0 aliphatic rings. The number of hydrogen-bond donors (Lipinski definition) is 1.